The van der Waals surface area contributed by atoms with Gasteiger partial charge in [0.2, 0.25) is 0 Å². The van der Waals surface area contributed by atoms with E-state index in [0.29, 0.717) is 12.6 Å². The largest absolute Gasteiger partial charge is 0.497 e. The highest BCUT2D eigenvalue weighted by atomic mass is 16.5. The zero-order chi connectivity index (χ0) is 14.7. The standard InChI is InChI=1S/C15H20N4O2/c1-21-13-5-2-11(3-6-13)14(20)8-16-12-4-7-15-17-10-18-19(15)9-12/h2-3,5-6,10,12,14,16,20H,4,7-9H2,1H3. The molecule has 0 amide bonds. The Bertz CT molecular complexity index is 582. The minimum absolute atomic E-state index is 0.326. The number of rotatable bonds is 5. The molecule has 0 bridgehead atoms. The van der Waals surface area contributed by atoms with Gasteiger partial charge in [-0.15, -0.1) is 0 Å². The fraction of sp³-hybridized carbons (Fsp3) is 0.467. The van der Waals surface area contributed by atoms with Gasteiger partial charge in [0.25, 0.3) is 0 Å². The average Bonchev–Trinajstić information content (AvgIpc) is 3.00. The predicted octanol–water partition coefficient (Wildman–Crippen LogP) is 0.925. The summed E-state index contributed by atoms with van der Waals surface area (Å²) < 4.78 is 7.05. The van der Waals surface area contributed by atoms with Gasteiger partial charge in [0.05, 0.1) is 19.8 Å². The average molecular weight is 288 g/mol. The topological polar surface area (TPSA) is 72.2 Å². The molecular weight excluding hydrogens is 268 g/mol. The number of nitrogens with zero attached hydrogens (tertiary/aromatic N) is 3. The second-order valence-electron chi connectivity index (χ2n) is 5.29. The monoisotopic (exact) mass is 288 g/mol. The van der Waals surface area contributed by atoms with E-state index in [2.05, 4.69) is 15.4 Å². The molecule has 2 unspecified atom stereocenters. The lowest BCUT2D eigenvalue weighted by Crippen LogP contribution is -2.39. The zero-order valence-corrected chi connectivity index (χ0v) is 12.1. The SMILES string of the molecule is COc1ccc(C(O)CNC2CCc3ncnn3C2)cc1. The van der Waals surface area contributed by atoms with Gasteiger partial charge in [-0.2, -0.15) is 5.10 Å². The second-order valence-corrected chi connectivity index (χ2v) is 5.29. The summed E-state index contributed by atoms with van der Waals surface area (Å²) in [5, 5.41) is 17.8. The first-order valence-electron chi connectivity index (χ1n) is 7.18. The van der Waals surface area contributed by atoms with E-state index >= 15 is 0 Å². The Morgan fingerprint density at radius 3 is 3.00 bits per heavy atom. The molecule has 3 rings (SSSR count). The van der Waals surface area contributed by atoms with Gasteiger partial charge in [0, 0.05) is 19.0 Å². The molecule has 0 radical (unpaired) electrons. The molecule has 2 atom stereocenters. The van der Waals surface area contributed by atoms with Gasteiger partial charge in [-0.25, -0.2) is 9.67 Å². The number of aliphatic hydroxyl groups is 1. The van der Waals surface area contributed by atoms with Crippen molar-refractivity contribution in [3.63, 3.8) is 0 Å². The predicted molar refractivity (Wildman–Crippen MR) is 78.1 cm³/mol. The summed E-state index contributed by atoms with van der Waals surface area (Å²) in [6.45, 7) is 1.34. The first-order valence-corrected chi connectivity index (χ1v) is 7.18. The van der Waals surface area contributed by atoms with Crippen molar-refractivity contribution < 1.29 is 9.84 Å². The molecule has 1 aliphatic heterocycles. The third kappa shape index (κ3) is 3.22. The summed E-state index contributed by atoms with van der Waals surface area (Å²) in [4.78, 5) is 4.21. The van der Waals surface area contributed by atoms with Gasteiger partial charge in [-0.3, -0.25) is 0 Å². The lowest BCUT2D eigenvalue weighted by Gasteiger charge is -2.25. The van der Waals surface area contributed by atoms with Crippen LogP contribution >= 0.6 is 0 Å². The molecule has 2 aromatic rings. The van der Waals surface area contributed by atoms with Crippen LogP contribution in [0.25, 0.3) is 0 Å². The molecule has 1 aromatic carbocycles. The van der Waals surface area contributed by atoms with Gasteiger partial charge in [0.1, 0.15) is 17.9 Å². The normalized spacial score (nSPS) is 19.0. The molecule has 1 aliphatic rings. The third-order valence-electron chi connectivity index (χ3n) is 3.91. The van der Waals surface area contributed by atoms with E-state index < -0.39 is 6.10 Å². The highest BCUT2D eigenvalue weighted by Crippen LogP contribution is 2.18. The summed E-state index contributed by atoms with van der Waals surface area (Å²) in [5.41, 5.74) is 0.889. The van der Waals surface area contributed by atoms with E-state index in [1.54, 1.807) is 13.4 Å². The molecule has 0 saturated carbocycles. The van der Waals surface area contributed by atoms with Crippen LogP contribution in [0.5, 0.6) is 5.75 Å². The number of fused-ring (bicyclic) bond motifs is 1. The molecule has 6 heteroatoms. The molecule has 0 saturated heterocycles. The Kier molecular flexibility index (Phi) is 4.17. The number of aromatic nitrogens is 3. The molecule has 0 fully saturated rings. The number of nitrogens with one attached hydrogen (secondary N) is 1. The Morgan fingerprint density at radius 2 is 2.24 bits per heavy atom. The Labute approximate surface area is 123 Å². The molecule has 112 valence electrons. The first kappa shape index (κ1) is 14.0. The Morgan fingerprint density at radius 1 is 1.43 bits per heavy atom. The van der Waals surface area contributed by atoms with E-state index in [0.717, 1.165) is 36.5 Å². The molecule has 1 aromatic heterocycles. The quantitative estimate of drug-likeness (QED) is 0.856. The van der Waals surface area contributed by atoms with E-state index in [1.807, 2.05) is 28.9 Å². The van der Waals surface area contributed by atoms with E-state index in [1.165, 1.54) is 0 Å². The van der Waals surface area contributed by atoms with Crippen molar-refractivity contribution in [1.82, 2.24) is 20.1 Å². The maximum atomic E-state index is 10.2. The molecule has 2 heterocycles. The molecular formula is C15H20N4O2. The number of benzene rings is 1. The Balaban J connectivity index is 1.53. The van der Waals surface area contributed by atoms with Crippen molar-refractivity contribution >= 4 is 0 Å². The van der Waals surface area contributed by atoms with Crippen LogP contribution in [0.2, 0.25) is 0 Å². The molecule has 0 spiro atoms. The minimum atomic E-state index is -0.520. The fourth-order valence-electron chi connectivity index (χ4n) is 2.63. The van der Waals surface area contributed by atoms with Crippen molar-refractivity contribution in [2.24, 2.45) is 0 Å². The van der Waals surface area contributed by atoms with Crippen molar-refractivity contribution in [3.8, 4) is 5.75 Å². The summed E-state index contributed by atoms with van der Waals surface area (Å²) in [6.07, 6.45) is 3.03. The van der Waals surface area contributed by atoms with E-state index in [9.17, 15) is 5.11 Å². The number of hydrogen-bond acceptors (Lipinski definition) is 5. The van der Waals surface area contributed by atoms with Crippen LogP contribution in [0.1, 0.15) is 23.9 Å². The maximum absolute atomic E-state index is 10.2. The van der Waals surface area contributed by atoms with Crippen LogP contribution in [0.15, 0.2) is 30.6 Å². The fourth-order valence-corrected chi connectivity index (χ4v) is 2.63. The molecule has 0 aliphatic carbocycles. The summed E-state index contributed by atoms with van der Waals surface area (Å²) >= 11 is 0. The van der Waals surface area contributed by atoms with Crippen LogP contribution in [-0.2, 0) is 13.0 Å². The highest BCUT2D eigenvalue weighted by Gasteiger charge is 2.20. The number of methoxy groups -OCH3 is 1. The van der Waals surface area contributed by atoms with Crippen LogP contribution in [0.4, 0.5) is 0 Å². The Hall–Kier alpha value is -1.92. The van der Waals surface area contributed by atoms with Crippen molar-refractivity contribution in [1.29, 1.82) is 0 Å². The van der Waals surface area contributed by atoms with Gasteiger partial charge >= 0.3 is 0 Å². The van der Waals surface area contributed by atoms with Crippen LogP contribution in [0.3, 0.4) is 0 Å². The van der Waals surface area contributed by atoms with Crippen molar-refractivity contribution in [2.45, 2.75) is 31.5 Å². The van der Waals surface area contributed by atoms with Gasteiger partial charge in [-0.05, 0) is 24.1 Å². The van der Waals surface area contributed by atoms with Gasteiger partial charge < -0.3 is 15.2 Å². The van der Waals surface area contributed by atoms with Crippen LogP contribution in [-0.4, -0.2) is 39.6 Å². The van der Waals surface area contributed by atoms with E-state index in [4.69, 9.17) is 4.74 Å². The third-order valence-corrected chi connectivity index (χ3v) is 3.91. The number of hydrogen-bond donors (Lipinski definition) is 2. The summed E-state index contributed by atoms with van der Waals surface area (Å²) in [7, 11) is 1.63. The lowest BCUT2D eigenvalue weighted by atomic mass is 10.1. The summed E-state index contributed by atoms with van der Waals surface area (Å²) in [5.74, 6) is 1.84. The van der Waals surface area contributed by atoms with E-state index in [-0.39, 0.29) is 0 Å². The van der Waals surface area contributed by atoms with Gasteiger partial charge in [0.15, 0.2) is 0 Å². The van der Waals surface area contributed by atoms with Crippen molar-refractivity contribution in [2.75, 3.05) is 13.7 Å². The van der Waals surface area contributed by atoms with Crippen molar-refractivity contribution in [3.05, 3.63) is 42.0 Å². The van der Waals surface area contributed by atoms with Gasteiger partial charge in [-0.1, -0.05) is 12.1 Å². The van der Waals surface area contributed by atoms with Crippen LogP contribution in [0, 0.1) is 0 Å². The van der Waals surface area contributed by atoms with Crippen LogP contribution < -0.4 is 10.1 Å². The molecule has 2 N–H and O–H groups in total. The first-order chi connectivity index (χ1) is 10.3. The second kappa shape index (κ2) is 6.24. The minimum Gasteiger partial charge on any atom is -0.497 e. The summed E-state index contributed by atoms with van der Waals surface area (Å²) in [6, 6.07) is 7.83. The number of ether oxygens (including phenoxy) is 1. The smallest absolute Gasteiger partial charge is 0.138 e. The zero-order valence-electron chi connectivity index (χ0n) is 12.1. The number of aliphatic hydroxyl groups excluding tert-OH is 1. The number of aryl methyl sites for hydroxylation is 1. The lowest BCUT2D eigenvalue weighted by molar-refractivity contribution is 0.165. The highest BCUT2D eigenvalue weighted by molar-refractivity contribution is 5.28. The molecule has 6 nitrogen and oxygen atoms in total. The molecule has 21 heavy (non-hydrogen) atoms. The maximum Gasteiger partial charge on any atom is 0.138 e.